The molecule has 0 bridgehead atoms. The second kappa shape index (κ2) is 7.73. The number of hydrogen-bond acceptors (Lipinski definition) is 4. The predicted octanol–water partition coefficient (Wildman–Crippen LogP) is 2.43. The summed E-state index contributed by atoms with van der Waals surface area (Å²) in [7, 11) is -7.08. The fraction of sp³-hybridized carbons (Fsp3) is 0.647. The Balaban J connectivity index is 1.81. The summed E-state index contributed by atoms with van der Waals surface area (Å²) in [6.45, 7) is 2.15. The molecule has 0 spiro atoms. The van der Waals surface area contributed by atoms with Gasteiger partial charge in [0.15, 0.2) is 0 Å². The van der Waals surface area contributed by atoms with Crippen molar-refractivity contribution in [3.63, 3.8) is 0 Å². The summed E-state index contributed by atoms with van der Waals surface area (Å²) in [5.74, 6) is 0. The average molecular weight is 387 g/mol. The first-order chi connectivity index (χ1) is 11.9. The average Bonchev–Trinajstić information content (AvgIpc) is 2.92. The van der Waals surface area contributed by atoms with Crippen LogP contribution in [-0.2, 0) is 20.0 Å². The van der Waals surface area contributed by atoms with Crippen LogP contribution in [0, 0.1) is 0 Å². The van der Waals surface area contributed by atoms with E-state index in [9.17, 15) is 16.8 Å². The molecular formula is C17H26N2O4S2. The van der Waals surface area contributed by atoms with Gasteiger partial charge < -0.3 is 0 Å². The highest BCUT2D eigenvalue weighted by molar-refractivity contribution is 7.89. The monoisotopic (exact) mass is 386 g/mol. The molecule has 0 radical (unpaired) electrons. The van der Waals surface area contributed by atoms with Gasteiger partial charge in [-0.1, -0.05) is 19.3 Å². The van der Waals surface area contributed by atoms with Crippen LogP contribution in [0.4, 0.5) is 0 Å². The molecule has 0 unspecified atom stereocenters. The second-order valence-corrected chi connectivity index (χ2v) is 10.6. The molecule has 1 aromatic carbocycles. The van der Waals surface area contributed by atoms with Crippen LogP contribution in [0.15, 0.2) is 34.1 Å². The summed E-state index contributed by atoms with van der Waals surface area (Å²) in [5.41, 5.74) is 0. The quantitative estimate of drug-likeness (QED) is 0.796. The van der Waals surface area contributed by atoms with Gasteiger partial charge in [0.05, 0.1) is 9.79 Å². The van der Waals surface area contributed by atoms with E-state index in [-0.39, 0.29) is 9.79 Å². The molecule has 8 heteroatoms. The highest BCUT2D eigenvalue weighted by Crippen LogP contribution is 2.24. The third kappa shape index (κ3) is 4.07. The smallest absolute Gasteiger partial charge is 0.207 e. The number of nitrogens with zero attached hydrogens (tertiary/aromatic N) is 2. The first kappa shape index (κ1) is 18.8. The lowest BCUT2D eigenvalue weighted by atomic mass is 10.2. The van der Waals surface area contributed by atoms with Crippen molar-refractivity contribution in [2.24, 2.45) is 0 Å². The van der Waals surface area contributed by atoms with Gasteiger partial charge in [0.25, 0.3) is 0 Å². The maximum atomic E-state index is 12.8. The van der Waals surface area contributed by atoms with Gasteiger partial charge in [-0.2, -0.15) is 8.61 Å². The third-order valence-electron chi connectivity index (χ3n) is 4.98. The normalized spacial score (nSPS) is 21.8. The van der Waals surface area contributed by atoms with Crippen LogP contribution in [0.3, 0.4) is 0 Å². The third-order valence-corrected chi connectivity index (χ3v) is 8.81. The highest BCUT2D eigenvalue weighted by Gasteiger charge is 2.28. The van der Waals surface area contributed by atoms with Crippen LogP contribution in [0.2, 0.25) is 0 Å². The minimum absolute atomic E-state index is 0.171. The summed E-state index contributed by atoms with van der Waals surface area (Å²) < 4.78 is 53.9. The predicted molar refractivity (Wildman–Crippen MR) is 96.3 cm³/mol. The molecule has 0 N–H and O–H groups in total. The molecule has 25 heavy (non-hydrogen) atoms. The van der Waals surface area contributed by atoms with E-state index in [2.05, 4.69) is 0 Å². The van der Waals surface area contributed by atoms with Crippen LogP contribution in [0.1, 0.15) is 44.9 Å². The lowest BCUT2D eigenvalue weighted by Gasteiger charge is -2.26. The Kier molecular flexibility index (Phi) is 5.82. The molecular weight excluding hydrogens is 360 g/mol. The molecule has 3 rings (SSSR count). The van der Waals surface area contributed by atoms with Crippen LogP contribution in [0.5, 0.6) is 0 Å². The molecule has 0 aromatic heterocycles. The maximum absolute atomic E-state index is 12.8. The molecule has 0 aliphatic carbocycles. The summed E-state index contributed by atoms with van der Waals surface area (Å²) in [4.78, 5) is 0.344. The summed E-state index contributed by atoms with van der Waals surface area (Å²) in [6.07, 6.45) is 6.67. The highest BCUT2D eigenvalue weighted by atomic mass is 32.2. The zero-order valence-corrected chi connectivity index (χ0v) is 16.1. The standard InChI is InChI=1S/C17H26N2O4S2/c20-24(21,18-12-4-1-2-5-13-18)16-8-10-17(11-9-16)25(22,23)19-14-6-3-7-15-19/h8-11H,1-7,12-15H2. The molecule has 140 valence electrons. The zero-order valence-electron chi connectivity index (χ0n) is 14.4. The Morgan fingerprint density at radius 3 is 1.12 bits per heavy atom. The van der Waals surface area contributed by atoms with Gasteiger partial charge in [-0.25, -0.2) is 16.8 Å². The van der Waals surface area contributed by atoms with Crippen molar-refractivity contribution in [1.29, 1.82) is 0 Å². The van der Waals surface area contributed by atoms with Gasteiger partial charge in [-0.05, 0) is 49.9 Å². The maximum Gasteiger partial charge on any atom is 0.243 e. The van der Waals surface area contributed by atoms with Gasteiger partial charge in [0, 0.05) is 26.2 Å². The van der Waals surface area contributed by atoms with Crippen molar-refractivity contribution in [1.82, 2.24) is 8.61 Å². The molecule has 2 aliphatic rings. The SMILES string of the molecule is O=S(=O)(c1ccc(S(=O)(=O)N2CCCCC2)cc1)N1CCCCCC1. The van der Waals surface area contributed by atoms with Crippen molar-refractivity contribution < 1.29 is 16.8 Å². The Bertz CT molecular complexity index is 774. The largest absolute Gasteiger partial charge is 0.243 e. The Morgan fingerprint density at radius 1 is 0.520 bits per heavy atom. The number of hydrogen-bond donors (Lipinski definition) is 0. The van der Waals surface area contributed by atoms with Gasteiger partial charge in [0.2, 0.25) is 20.0 Å². The number of rotatable bonds is 4. The van der Waals surface area contributed by atoms with Gasteiger partial charge in [-0.15, -0.1) is 0 Å². The number of benzene rings is 1. The van der Waals surface area contributed by atoms with Gasteiger partial charge >= 0.3 is 0 Å². The van der Waals surface area contributed by atoms with Crippen LogP contribution in [0.25, 0.3) is 0 Å². The molecule has 2 saturated heterocycles. The minimum atomic E-state index is -3.55. The van der Waals surface area contributed by atoms with E-state index < -0.39 is 20.0 Å². The van der Waals surface area contributed by atoms with E-state index in [1.807, 2.05) is 0 Å². The fourth-order valence-electron chi connectivity index (χ4n) is 3.47. The van der Waals surface area contributed by atoms with E-state index in [1.54, 1.807) is 0 Å². The summed E-state index contributed by atoms with van der Waals surface area (Å²) in [5, 5.41) is 0. The van der Waals surface area contributed by atoms with Crippen molar-refractivity contribution in [3.8, 4) is 0 Å². The summed E-state index contributed by atoms with van der Waals surface area (Å²) in [6, 6.07) is 5.71. The van der Waals surface area contributed by atoms with E-state index in [1.165, 1.54) is 32.9 Å². The van der Waals surface area contributed by atoms with E-state index in [0.29, 0.717) is 26.2 Å². The fourth-order valence-corrected chi connectivity index (χ4v) is 6.50. The van der Waals surface area contributed by atoms with Crippen molar-refractivity contribution >= 4 is 20.0 Å². The van der Waals surface area contributed by atoms with Crippen LogP contribution in [-0.4, -0.2) is 51.6 Å². The zero-order chi connectivity index (χ0) is 17.9. The number of sulfonamides is 2. The van der Waals surface area contributed by atoms with E-state index in [4.69, 9.17) is 0 Å². The Labute approximate surface area is 150 Å². The molecule has 2 fully saturated rings. The number of piperidine rings is 1. The minimum Gasteiger partial charge on any atom is -0.207 e. The lowest BCUT2D eigenvalue weighted by molar-refractivity contribution is 0.346. The lowest BCUT2D eigenvalue weighted by Crippen LogP contribution is -2.35. The first-order valence-corrected chi connectivity index (χ1v) is 11.9. The Morgan fingerprint density at radius 2 is 0.800 bits per heavy atom. The molecule has 0 amide bonds. The Hall–Kier alpha value is -0.960. The molecule has 0 saturated carbocycles. The second-order valence-electron chi connectivity index (χ2n) is 6.75. The van der Waals surface area contributed by atoms with Gasteiger partial charge in [-0.3, -0.25) is 0 Å². The van der Waals surface area contributed by atoms with Crippen LogP contribution >= 0.6 is 0 Å². The molecule has 2 aliphatic heterocycles. The molecule has 6 nitrogen and oxygen atoms in total. The molecule has 2 heterocycles. The van der Waals surface area contributed by atoms with Crippen molar-refractivity contribution in [2.45, 2.75) is 54.7 Å². The molecule has 0 atom stereocenters. The molecule has 1 aromatic rings. The topological polar surface area (TPSA) is 74.8 Å². The van der Waals surface area contributed by atoms with Gasteiger partial charge in [0.1, 0.15) is 0 Å². The van der Waals surface area contributed by atoms with Crippen LogP contribution < -0.4 is 0 Å². The van der Waals surface area contributed by atoms with Crippen molar-refractivity contribution in [3.05, 3.63) is 24.3 Å². The van der Waals surface area contributed by atoms with Crippen molar-refractivity contribution in [2.75, 3.05) is 26.2 Å². The van der Waals surface area contributed by atoms with E-state index in [0.717, 1.165) is 44.9 Å². The first-order valence-electron chi connectivity index (χ1n) is 9.03. The van der Waals surface area contributed by atoms with E-state index >= 15 is 0 Å². The summed E-state index contributed by atoms with van der Waals surface area (Å²) >= 11 is 0.